The third-order valence-electron chi connectivity index (χ3n) is 4.03. The van der Waals surface area contributed by atoms with Crippen molar-refractivity contribution in [1.82, 2.24) is 10.2 Å². The minimum absolute atomic E-state index is 0.0298. The standard InChI is InChI=1S/C14H31N3O/c1-11(2)17(7)10-8-9-16-12(18)13(3,4)14(5,6)15/h11H,8-10,15H2,1-7H3,(H,16,18). The molecule has 0 spiro atoms. The zero-order chi connectivity index (χ0) is 14.6. The van der Waals surface area contributed by atoms with Crippen LogP contribution in [0.5, 0.6) is 0 Å². The van der Waals surface area contributed by atoms with Crippen molar-refractivity contribution in [2.24, 2.45) is 11.1 Å². The number of amides is 1. The Balaban J connectivity index is 4.06. The van der Waals surface area contributed by atoms with Gasteiger partial charge in [-0.15, -0.1) is 0 Å². The highest BCUT2D eigenvalue weighted by Crippen LogP contribution is 2.28. The van der Waals surface area contributed by atoms with Crippen molar-refractivity contribution in [3.05, 3.63) is 0 Å². The van der Waals surface area contributed by atoms with Crippen molar-refractivity contribution < 1.29 is 4.79 Å². The van der Waals surface area contributed by atoms with Gasteiger partial charge in [-0.3, -0.25) is 4.79 Å². The van der Waals surface area contributed by atoms with E-state index in [9.17, 15) is 4.79 Å². The molecule has 0 radical (unpaired) electrons. The number of nitrogens with zero attached hydrogens (tertiary/aromatic N) is 1. The molecule has 0 fully saturated rings. The van der Waals surface area contributed by atoms with E-state index in [0.29, 0.717) is 12.6 Å². The number of hydrogen-bond donors (Lipinski definition) is 2. The van der Waals surface area contributed by atoms with Gasteiger partial charge in [-0.25, -0.2) is 0 Å². The third-order valence-corrected chi connectivity index (χ3v) is 4.03. The fourth-order valence-corrected chi connectivity index (χ4v) is 1.30. The first kappa shape index (κ1) is 17.4. The molecule has 0 aliphatic heterocycles. The molecule has 0 aliphatic rings. The van der Waals surface area contributed by atoms with Crippen molar-refractivity contribution in [2.75, 3.05) is 20.1 Å². The minimum atomic E-state index is -0.559. The highest BCUT2D eigenvalue weighted by molar-refractivity contribution is 5.83. The zero-order valence-corrected chi connectivity index (χ0v) is 13.1. The Bertz CT molecular complexity index is 267. The molecular formula is C14H31N3O. The average Bonchev–Trinajstić information content (AvgIpc) is 2.21. The van der Waals surface area contributed by atoms with E-state index in [0.717, 1.165) is 13.0 Å². The Morgan fingerprint density at radius 3 is 2.17 bits per heavy atom. The van der Waals surface area contributed by atoms with Gasteiger partial charge in [-0.2, -0.15) is 0 Å². The van der Waals surface area contributed by atoms with Gasteiger partial charge in [0, 0.05) is 18.1 Å². The molecule has 0 unspecified atom stereocenters. The molecule has 0 saturated carbocycles. The van der Waals surface area contributed by atoms with Crippen molar-refractivity contribution in [3.8, 4) is 0 Å². The van der Waals surface area contributed by atoms with Gasteiger partial charge < -0.3 is 16.0 Å². The number of carbonyl (C=O) groups is 1. The number of nitrogens with one attached hydrogen (secondary N) is 1. The number of hydrogen-bond acceptors (Lipinski definition) is 3. The van der Waals surface area contributed by atoms with Gasteiger partial charge in [0.05, 0.1) is 5.41 Å². The summed E-state index contributed by atoms with van der Waals surface area (Å²) in [6, 6.07) is 0.542. The molecule has 0 aromatic heterocycles. The van der Waals surface area contributed by atoms with E-state index in [1.54, 1.807) is 0 Å². The molecule has 0 aromatic rings. The lowest BCUT2D eigenvalue weighted by Gasteiger charge is -2.37. The summed E-state index contributed by atoms with van der Waals surface area (Å²) in [5.41, 5.74) is 4.96. The minimum Gasteiger partial charge on any atom is -0.356 e. The molecule has 0 heterocycles. The lowest BCUT2D eigenvalue weighted by molar-refractivity contribution is -0.132. The van der Waals surface area contributed by atoms with Crippen molar-refractivity contribution in [2.45, 2.75) is 59.5 Å². The summed E-state index contributed by atoms with van der Waals surface area (Å²) in [6.07, 6.45) is 0.960. The van der Waals surface area contributed by atoms with Crippen LogP contribution in [0.15, 0.2) is 0 Å². The van der Waals surface area contributed by atoms with E-state index >= 15 is 0 Å². The Morgan fingerprint density at radius 2 is 1.78 bits per heavy atom. The van der Waals surface area contributed by atoms with E-state index in [-0.39, 0.29) is 5.91 Å². The predicted octanol–water partition coefficient (Wildman–Crippen LogP) is 1.60. The molecular weight excluding hydrogens is 226 g/mol. The SMILES string of the molecule is CC(C)N(C)CCCNC(=O)C(C)(C)C(C)(C)N. The van der Waals surface area contributed by atoms with E-state index in [2.05, 4.69) is 31.1 Å². The van der Waals surface area contributed by atoms with Crippen LogP contribution in [0.1, 0.15) is 48.0 Å². The molecule has 0 aromatic carbocycles. The summed E-state index contributed by atoms with van der Waals surface area (Å²) >= 11 is 0. The van der Waals surface area contributed by atoms with Gasteiger partial charge in [0.25, 0.3) is 0 Å². The van der Waals surface area contributed by atoms with Crippen molar-refractivity contribution in [1.29, 1.82) is 0 Å². The van der Waals surface area contributed by atoms with Gasteiger partial charge in [-0.1, -0.05) is 0 Å². The number of carbonyl (C=O) groups excluding carboxylic acids is 1. The van der Waals surface area contributed by atoms with Crippen LogP contribution < -0.4 is 11.1 Å². The topological polar surface area (TPSA) is 58.4 Å². The van der Waals surface area contributed by atoms with E-state index in [1.807, 2.05) is 27.7 Å². The molecule has 0 saturated heterocycles. The average molecular weight is 257 g/mol. The maximum Gasteiger partial charge on any atom is 0.227 e. The third kappa shape index (κ3) is 4.94. The Morgan fingerprint density at radius 1 is 1.28 bits per heavy atom. The van der Waals surface area contributed by atoms with Gasteiger partial charge >= 0.3 is 0 Å². The Labute approximate surface area is 112 Å². The summed E-state index contributed by atoms with van der Waals surface area (Å²) in [7, 11) is 2.10. The van der Waals surface area contributed by atoms with Crippen LogP contribution in [0.2, 0.25) is 0 Å². The first-order valence-electron chi connectivity index (χ1n) is 6.77. The van der Waals surface area contributed by atoms with E-state index < -0.39 is 11.0 Å². The molecule has 0 bridgehead atoms. The van der Waals surface area contributed by atoms with Gasteiger partial charge in [0.1, 0.15) is 0 Å². The van der Waals surface area contributed by atoms with Crippen LogP contribution in [0.3, 0.4) is 0 Å². The zero-order valence-electron chi connectivity index (χ0n) is 13.1. The summed E-state index contributed by atoms with van der Waals surface area (Å²) in [6.45, 7) is 13.6. The maximum absolute atomic E-state index is 12.1. The fraction of sp³-hybridized carbons (Fsp3) is 0.929. The van der Waals surface area contributed by atoms with Crippen LogP contribution in [0.25, 0.3) is 0 Å². The molecule has 3 N–H and O–H groups in total. The van der Waals surface area contributed by atoms with Crippen molar-refractivity contribution in [3.63, 3.8) is 0 Å². The number of nitrogens with two attached hydrogens (primary N) is 1. The van der Waals surface area contributed by atoms with Crippen LogP contribution in [0, 0.1) is 5.41 Å². The first-order chi connectivity index (χ1) is 8.00. The summed E-state index contributed by atoms with van der Waals surface area (Å²) < 4.78 is 0. The van der Waals surface area contributed by atoms with Gasteiger partial charge in [0.15, 0.2) is 0 Å². The highest BCUT2D eigenvalue weighted by atomic mass is 16.2. The molecule has 1 amide bonds. The van der Waals surface area contributed by atoms with Gasteiger partial charge in [0.2, 0.25) is 5.91 Å². The second kappa shape index (κ2) is 6.53. The molecule has 18 heavy (non-hydrogen) atoms. The fourth-order valence-electron chi connectivity index (χ4n) is 1.30. The van der Waals surface area contributed by atoms with Crippen LogP contribution in [-0.4, -0.2) is 42.5 Å². The normalized spacial score (nSPS) is 13.2. The van der Waals surface area contributed by atoms with Crippen LogP contribution in [0.4, 0.5) is 0 Å². The first-order valence-corrected chi connectivity index (χ1v) is 6.77. The van der Waals surface area contributed by atoms with E-state index in [4.69, 9.17) is 5.73 Å². The highest BCUT2D eigenvalue weighted by Gasteiger charge is 2.40. The Kier molecular flexibility index (Phi) is 6.30. The molecule has 108 valence electrons. The Hall–Kier alpha value is -0.610. The molecule has 0 rings (SSSR count). The summed E-state index contributed by atoms with van der Waals surface area (Å²) in [5, 5.41) is 2.98. The second-order valence-corrected chi connectivity index (χ2v) is 6.53. The lowest BCUT2D eigenvalue weighted by Crippen LogP contribution is -2.55. The lowest BCUT2D eigenvalue weighted by atomic mass is 9.74. The molecule has 4 nitrogen and oxygen atoms in total. The maximum atomic E-state index is 12.1. The smallest absolute Gasteiger partial charge is 0.227 e. The second-order valence-electron chi connectivity index (χ2n) is 6.53. The molecule has 0 atom stereocenters. The van der Waals surface area contributed by atoms with Crippen molar-refractivity contribution >= 4 is 5.91 Å². The van der Waals surface area contributed by atoms with Crippen LogP contribution in [-0.2, 0) is 4.79 Å². The predicted molar refractivity (Wildman–Crippen MR) is 77.4 cm³/mol. The number of rotatable bonds is 7. The monoisotopic (exact) mass is 257 g/mol. The summed E-state index contributed by atoms with van der Waals surface area (Å²) in [5.74, 6) is 0.0298. The molecule has 4 heteroatoms. The van der Waals surface area contributed by atoms with Gasteiger partial charge in [-0.05, 0) is 61.6 Å². The van der Waals surface area contributed by atoms with Crippen LogP contribution >= 0.6 is 0 Å². The largest absolute Gasteiger partial charge is 0.356 e. The van der Waals surface area contributed by atoms with E-state index in [1.165, 1.54) is 0 Å². The summed E-state index contributed by atoms with van der Waals surface area (Å²) in [4.78, 5) is 14.4. The quantitative estimate of drug-likeness (QED) is 0.681. The molecule has 0 aliphatic carbocycles.